The Labute approximate surface area is 151 Å². The minimum absolute atomic E-state index is 0.133. The molecule has 3 N–H and O–H groups in total. The van der Waals surface area contributed by atoms with Crippen LogP contribution in [0.25, 0.3) is 11.0 Å². The van der Waals surface area contributed by atoms with Crippen molar-refractivity contribution in [2.75, 3.05) is 0 Å². The second-order valence-corrected chi connectivity index (χ2v) is 5.62. The van der Waals surface area contributed by atoms with Crippen molar-refractivity contribution in [1.29, 1.82) is 0 Å². The molecule has 0 saturated carbocycles. The molecule has 138 valence electrons. The lowest BCUT2D eigenvalue weighted by atomic mass is 10.2. The molecule has 0 bridgehead atoms. The lowest BCUT2D eigenvalue weighted by Crippen LogP contribution is -2.42. The number of rotatable bonds is 3. The van der Waals surface area contributed by atoms with Gasteiger partial charge in [0.2, 0.25) is 0 Å². The highest BCUT2D eigenvalue weighted by Crippen LogP contribution is 2.11. The van der Waals surface area contributed by atoms with Gasteiger partial charge in [-0.25, -0.2) is 4.39 Å². The number of halogens is 1. The van der Waals surface area contributed by atoms with E-state index in [0.29, 0.717) is 17.6 Å². The molecule has 1 aromatic heterocycles. The lowest BCUT2D eigenvalue weighted by Gasteiger charge is -2.10. The first-order chi connectivity index (χ1) is 12.9. The number of nitrogens with zero attached hydrogens (tertiary/aromatic N) is 1. The van der Waals surface area contributed by atoms with Crippen molar-refractivity contribution in [3.63, 3.8) is 0 Å². The van der Waals surface area contributed by atoms with Gasteiger partial charge in [0, 0.05) is 12.1 Å². The maximum Gasteiger partial charge on any atom is 0.316 e. The van der Waals surface area contributed by atoms with Crippen molar-refractivity contribution < 1.29 is 14.0 Å². The molecule has 0 fully saturated rings. The second kappa shape index (κ2) is 7.24. The predicted molar refractivity (Wildman–Crippen MR) is 95.8 cm³/mol. The highest BCUT2D eigenvalue weighted by molar-refractivity contribution is 6.00. The molecule has 9 heteroatoms. The number of hydrazine groups is 1. The molecule has 2 aromatic carbocycles. The van der Waals surface area contributed by atoms with Crippen molar-refractivity contribution in [2.24, 2.45) is 0 Å². The fourth-order valence-corrected chi connectivity index (χ4v) is 2.63. The summed E-state index contributed by atoms with van der Waals surface area (Å²) in [6, 6.07) is 9.68. The van der Waals surface area contributed by atoms with E-state index in [1.807, 2.05) is 0 Å². The predicted octanol–water partition coefficient (Wildman–Crippen LogP) is 0.924. The van der Waals surface area contributed by atoms with Crippen LogP contribution in [0.4, 0.5) is 4.39 Å². The summed E-state index contributed by atoms with van der Waals surface area (Å²) in [4.78, 5) is 50.1. The quantitative estimate of drug-likeness (QED) is 0.470. The fraction of sp³-hybridized carbons (Fsp3) is 0.111. The van der Waals surface area contributed by atoms with Crippen LogP contribution < -0.4 is 22.0 Å². The first-order valence-corrected chi connectivity index (χ1v) is 8.04. The first-order valence-electron chi connectivity index (χ1n) is 8.04. The molecule has 0 aliphatic carbocycles. The topological polar surface area (TPSA) is 113 Å². The van der Waals surface area contributed by atoms with Crippen LogP contribution >= 0.6 is 0 Å². The molecule has 0 atom stereocenters. The van der Waals surface area contributed by atoms with E-state index in [1.165, 1.54) is 41.0 Å². The third kappa shape index (κ3) is 3.47. The number of fused-ring (bicyclic) bond motifs is 1. The van der Waals surface area contributed by atoms with Gasteiger partial charge in [-0.05, 0) is 37.3 Å². The molecular weight excluding hydrogens is 355 g/mol. The number of hydrogen-bond donors (Lipinski definition) is 3. The molecule has 8 nitrogen and oxygen atoms in total. The molecule has 0 spiro atoms. The van der Waals surface area contributed by atoms with E-state index in [0.717, 1.165) is 6.07 Å². The van der Waals surface area contributed by atoms with Crippen LogP contribution in [0, 0.1) is 5.82 Å². The second-order valence-electron chi connectivity index (χ2n) is 5.62. The van der Waals surface area contributed by atoms with Gasteiger partial charge in [-0.15, -0.1) is 0 Å². The van der Waals surface area contributed by atoms with Crippen LogP contribution in [0.15, 0.2) is 52.1 Å². The smallest absolute Gasteiger partial charge is 0.316 e. The van der Waals surface area contributed by atoms with Gasteiger partial charge in [0.25, 0.3) is 11.8 Å². The number of amides is 2. The fourth-order valence-electron chi connectivity index (χ4n) is 2.63. The number of aryl methyl sites for hydroxylation is 1. The molecule has 0 radical (unpaired) electrons. The summed E-state index contributed by atoms with van der Waals surface area (Å²) in [6.45, 7) is 2.02. The molecule has 3 rings (SSSR count). The van der Waals surface area contributed by atoms with E-state index in [4.69, 9.17) is 0 Å². The van der Waals surface area contributed by atoms with Crippen LogP contribution in [0.1, 0.15) is 27.6 Å². The summed E-state index contributed by atoms with van der Waals surface area (Å²) < 4.78 is 14.9. The van der Waals surface area contributed by atoms with Gasteiger partial charge in [0.15, 0.2) is 0 Å². The lowest BCUT2D eigenvalue weighted by molar-refractivity contribution is 0.0844. The number of aromatic amines is 1. The Kier molecular flexibility index (Phi) is 4.84. The number of benzene rings is 2. The zero-order chi connectivity index (χ0) is 19.6. The Bertz CT molecular complexity index is 1170. The van der Waals surface area contributed by atoms with E-state index in [1.54, 1.807) is 6.92 Å². The van der Waals surface area contributed by atoms with E-state index < -0.39 is 28.8 Å². The highest BCUT2D eigenvalue weighted by atomic mass is 19.1. The average molecular weight is 370 g/mol. The minimum Gasteiger partial charge on any atom is -0.316 e. The summed E-state index contributed by atoms with van der Waals surface area (Å²) in [5.41, 5.74) is 3.51. The molecule has 27 heavy (non-hydrogen) atoms. The van der Waals surface area contributed by atoms with Crippen LogP contribution in [-0.4, -0.2) is 21.4 Å². The van der Waals surface area contributed by atoms with Crippen molar-refractivity contribution in [3.05, 3.63) is 80.1 Å². The Balaban J connectivity index is 1.83. The zero-order valence-corrected chi connectivity index (χ0v) is 14.2. The molecule has 0 aliphatic heterocycles. The van der Waals surface area contributed by atoms with Gasteiger partial charge in [-0.2, -0.15) is 0 Å². The van der Waals surface area contributed by atoms with Crippen molar-refractivity contribution >= 4 is 22.8 Å². The van der Waals surface area contributed by atoms with Crippen LogP contribution in [-0.2, 0) is 6.54 Å². The Morgan fingerprint density at radius 1 is 1.07 bits per heavy atom. The average Bonchev–Trinajstić information content (AvgIpc) is 2.67. The molecule has 3 aromatic rings. The number of H-pyrrole nitrogens is 1. The Morgan fingerprint density at radius 2 is 1.78 bits per heavy atom. The van der Waals surface area contributed by atoms with Crippen LogP contribution in [0.3, 0.4) is 0 Å². The monoisotopic (exact) mass is 370 g/mol. The van der Waals surface area contributed by atoms with Gasteiger partial charge in [-0.1, -0.05) is 12.1 Å². The summed E-state index contributed by atoms with van der Waals surface area (Å²) in [5.74, 6) is -2.20. The van der Waals surface area contributed by atoms with Crippen LogP contribution in [0.5, 0.6) is 0 Å². The third-order valence-corrected chi connectivity index (χ3v) is 3.96. The minimum atomic E-state index is -0.810. The summed E-state index contributed by atoms with van der Waals surface area (Å²) in [7, 11) is 0. The van der Waals surface area contributed by atoms with Crippen molar-refractivity contribution in [1.82, 2.24) is 20.4 Å². The van der Waals surface area contributed by atoms with Gasteiger partial charge in [0.1, 0.15) is 5.82 Å². The van der Waals surface area contributed by atoms with E-state index >= 15 is 0 Å². The van der Waals surface area contributed by atoms with Crippen LogP contribution in [0.2, 0.25) is 0 Å². The molecule has 0 aliphatic rings. The largest absolute Gasteiger partial charge is 0.316 e. The third-order valence-electron chi connectivity index (χ3n) is 3.96. The molecular formula is C18H15FN4O4. The summed E-state index contributed by atoms with van der Waals surface area (Å²) >= 11 is 0. The SMILES string of the molecule is CCn1c(=O)c(=O)[nH]c2cc(C(=O)NNC(=O)c3ccccc3F)ccc21. The van der Waals surface area contributed by atoms with Gasteiger partial charge >= 0.3 is 11.1 Å². The standard InChI is InChI=1S/C18H15FN4O4/c1-2-23-14-8-7-10(9-13(14)20-17(26)18(23)27)15(24)21-22-16(25)11-5-3-4-6-12(11)19/h3-9H,2H2,1H3,(H,20,26)(H,21,24)(H,22,25). The van der Waals surface area contributed by atoms with Gasteiger partial charge in [0.05, 0.1) is 16.6 Å². The number of carbonyl (C=O) groups is 2. The van der Waals surface area contributed by atoms with Gasteiger partial charge in [-0.3, -0.25) is 30.0 Å². The maximum atomic E-state index is 13.6. The zero-order valence-electron chi connectivity index (χ0n) is 14.2. The van der Waals surface area contributed by atoms with E-state index in [2.05, 4.69) is 15.8 Å². The normalized spacial score (nSPS) is 10.6. The number of nitrogens with one attached hydrogen (secondary N) is 3. The maximum absolute atomic E-state index is 13.6. The number of aromatic nitrogens is 2. The highest BCUT2D eigenvalue weighted by Gasteiger charge is 2.14. The number of carbonyl (C=O) groups excluding carboxylic acids is 2. The van der Waals surface area contributed by atoms with Gasteiger partial charge < -0.3 is 9.55 Å². The van der Waals surface area contributed by atoms with Crippen molar-refractivity contribution in [2.45, 2.75) is 13.5 Å². The van der Waals surface area contributed by atoms with Crippen molar-refractivity contribution in [3.8, 4) is 0 Å². The van der Waals surface area contributed by atoms with E-state index in [9.17, 15) is 23.6 Å². The molecule has 0 unspecified atom stereocenters. The summed E-state index contributed by atoms with van der Waals surface area (Å²) in [5, 5.41) is 0. The Hall–Kier alpha value is -3.75. The first kappa shape index (κ1) is 18.1. The summed E-state index contributed by atoms with van der Waals surface area (Å²) in [6.07, 6.45) is 0. The van der Waals surface area contributed by atoms with E-state index in [-0.39, 0.29) is 11.1 Å². The molecule has 1 heterocycles. The molecule has 2 amide bonds. The number of hydrogen-bond acceptors (Lipinski definition) is 4. The molecule has 0 saturated heterocycles. The Morgan fingerprint density at radius 3 is 2.48 bits per heavy atom.